The molecule has 0 amide bonds. The van der Waals surface area contributed by atoms with E-state index in [-0.39, 0.29) is 12.4 Å². The molecule has 1 aromatic rings. The maximum absolute atomic E-state index is 5.54. The number of anilines is 1. The number of hydrogen-bond donors (Lipinski definition) is 1. The highest BCUT2D eigenvalue weighted by Crippen LogP contribution is 2.19. The molecule has 0 aliphatic heterocycles. The average molecular weight is 223 g/mol. The van der Waals surface area contributed by atoms with Crippen LogP contribution in [0.5, 0.6) is 0 Å². The smallest absolute Gasteiger partial charge is 0.0458 e. The van der Waals surface area contributed by atoms with Gasteiger partial charge in [0, 0.05) is 10.2 Å². The molecule has 0 unspecified atom stereocenters. The van der Waals surface area contributed by atoms with Gasteiger partial charge in [0.25, 0.3) is 0 Å². The van der Waals surface area contributed by atoms with Crippen molar-refractivity contribution in [1.29, 1.82) is 0 Å². The Bertz CT molecular complexity index is 225. The van der Waals surface area contributed by atoms with Gasteiger partial charge in [-0.1, -0.05) is 6.07 Å². The van der Waals surface area contributed by atoms with E-state index in [4.69, 9.17) is 5.73 Å². The maximum atomic E-state index is 5.54. The zero-order valence-electron chi connectivity index (χ0n) is 5.60. The number of nitrogens with two attached hydrogens (primary N) is 1. The second-order valence-electron chi connectivity index (χ2n) is 2.02. The third-order valence-corrected chi connectivity index (χ3v) is 1.84. The second kappa shape index (κ2) is 3.84. The summed E-state index contributed by atoms with van der Waals surface area (Å²) in [6, 6.07) is 5.87. The van der Waals surface area contributed by atoms with Crippen LogP contribution in [-0.4, -0.2) is 0 Å². The first-order chi connectivity index (χ1) is 4.20. The third kappa shape index (κ3) is 2.20. The first kappa shape index (κ1) is 9.79. The predicted molar refractivity (Wildman–Crippen MR) is 50.5 cm³/mol. The SMILES string of the molecule is Cc1ccc(N)c(Br)c1.Cl. The molecule has 0 fully saturated rings. The van der Waals surface area contributed by atoms with Gasteiger partial charge >= 0.3 is 0 Å². The fraction of sp³-hybridized carbons (Fsp3) is 0.143. The lowest BCUT2D eigenvalue weighted by Gasteiger charge is -1.96. The largest absolute Gasteiger partial charge is 0.398 e. The summed E-state index contributed by atoms with van der Waals surface area (Å²) in [4.78, 5) is 0. The van der Waals surface area contributed by atoms with E-state index >= 15 is 0 Å². The van der Waals surface area contributed by atoms with Crippen LogP contribution in [0.15, 0.2) is 22.7 Å². The van der Waals surface area contributed by atoms with Crippen LogP contribution >= 0.6 is 28.3 Å². The minimum atomic E-state index is 0. The van der Waals surface area contributed by atoms with Crippen LogP contribution in [0, 0.1) is 6.92 Å². The molecule has 0 spiro atoms. The summed E-state index contributed by atoms with van der Waals surface area (Å²) >= 11 is 3.32. The normalized spacial score (nSPS) is 8.60. The van der Waals surface area contributed by atoms with Crippen molar-refractivity contribution in [2.45, 2.75) is 6.92 Å². The third-order valence-electron chi connectivity index (χ3n) is 1.16. The van der Waals surface area contributed by atoms with Crippen LogP contribution in [0.4, 0.5) is 5.69 Å². The molecule has 1 aromatic carbocycles. The fourth-order valence-corrected chi connectivity index (χ4v) is 1.13. The molecule has 56 valence electrons. The minimum absolute atomic E-state index is 0. The minimum Gasteiger partial charge on any atom is -0.398 e. The van der Waals surface area contributed by atoms with E-state index in [1.54, 1.807) is 0 Å². The predicted octanol–water partition coefficient (Wildman–Crippen LogP) is 2.76. The zero-order chi connectivity index (χ0) is 6.85. The van der Waals surface area contributed by atoms with Crippen molar-refractivity contribution in [2.75, 3.05) is 5.73 Å². The van der Waals surface area contributed by atoms with E-state index in [9.17, 15) is 0 Å². The van der Waals surface area contributed by atoms with E-state index in [0.717, 1.165) is 10.2 Å². The van der Waals surface area contributed by atoms with Crippen LogP contribution in [-0.2, 0) is 0 Å². The number of benzene rings is 1. The Hall–Kier alpha value is -0.210. The first-order valence-electron chi connectivity index (χ1n) is 2.72. The Labute approximate surface area is 75.2 Å². The Balaban J connectivity index is 0.000000810. The van der Waals surface area contributed by atoms with Crippen molar-refractivity contribution in [3.8, 4) is 0 Å². The molecule has 0 atom stereocenters. The van der Waals surface area contributed by atoms with E-state index in [1.165, 1.54) is 5.56 Å². The van der Waals surface area contributed by atoms with Crippen LogP contribution in [0.2, 0.25) is 0 Å². The Morgan fingerprint density at radius 3 is 2.40 bits per heavy atom. The van der Waals surface area contributed by atoms with E-state index in [2.05, 4.69) is 15.9 Å². The van der Waals surface area contributed by atoms with Gasteiger partial charge in [-0.3, -0.25) is 0 Å². The number of halogens is 2. The molecule has 3 heteroatoms. The molecule has 0 saturated heterocycles. The Morgan fingerprint density at radius 2 is 2.00 bits per heavy atom. The van der Waals surface area contributed by atoms with Crippen molar-refractivity contribution in [1.82, 2.24) is 0 Å². The first-order valence-corrected chi connectivity index (χ1v) is 3.51. The highest BCUT2D eigenvalue weighted by atomic mass is 79.9. The molecule has 0 aliphatic rings. The van der Waals surface area contributed by atoms with Crippen LogP contribution < -0.4 is 5.73 Å². The lowest BCUT2D eigenvalue weighted by atomic mass is 10.2. The van der Waals surface area contributed by atoms with Crippen LogP contribution in [0.25, 0.3) is 0 Å². The topological polar surface area (TPSA) is 26.0 Å². The van der Waals surface area contributed by atoms with Crippen molar-refractivity contribution in [3.63, 3.8) is 0 Å². The highest BCUT2D eigenvalue weighted by molar-refractivity contribution is 9.10. The number of aryl methyl sites for hydroxylation is 1. The molecule has 0 aromatic heterocycles. The summed E-state index contributed by atoms with van der Waals surface area (Å²) < 4.78 is 0.975. The van der Waals surface area contributed by atoms with Crippen molar-refractivity contribution in [2.24, 2.45) is 0 Å². The molecular formula is C7H9BrClN. The van der Waals surface area contributed by atoms with Crippen LogP contribution in [0.1, 0.15) is 5.56 Å². The van der Waals surface area contributed by atoms with Gasteiger partial charge in [0.15, 0.2) is 0 Å². The number of hydrogen-bond acceptors (Lipinski definition) is 1. The van der Waals surface area contributed by atoms with Gasteiger partial charge in [0.05, 0.1) is 0 Å². The summed E-state index contributed by atoms with van der Waals surface area (Å²) in [5.74, 6) is 0. The Kier molecular flexibility index (Phi) is 3.76. The molecule has 0 bridgehead atoms. The Morgan fingerprint density at radius 1 is 1.40 bits per heavy atom. The molecule has 0 aliphatic carbocycles. The van der Waals surface area contributed by atoms with Gasteiger partial charge in [-0.2, -0.15) is 0 Å². The molecule has 1 nitrogen and oxygen atoms in total. The van der Waals surface area contributed by atoms with Gasteiger partial charge in [-0.25, -0.2) is 0 Å². The van der Waals surface area contributed by atoms with Gasteiger partial charge in [-0.15, -0.1) is 12.4 Å². The summed E-state index contributed by atoms with van der Waals surface area (Å²) in [7, 11) is 0. The molecular weight excluding hydrogens is 213 g/mol. The van der Waals surface area contributed by atoms with Crippen molar-refractivity contribution in [3.05, 3.63) is 28.2 Å². The molecule has 0 radical (unpaired) electrons. The standard InChI is InChI=1S/C7H8BrN.ClH/c1-5-2-3-7(9)6(8)4-5;/h2-4H,9H2,1H3;1H. The zero-order valence-corrected chi connectivity index (χ0v) is 8.00. The second-order valence-corrected chi connectivity index (χ2v) is 2.88. The summed E-state index contributed by atoms with van der Waals surface area (Å²) in [6.45, 7) is 2.03. The summed E-state index contributed by atoms with van der Waals surface area (Å²) in [5.41, 5.74) is 7.55. The average Bonchev–Trinajstić information content (AvgIpc) is 1.80. The molecule has 2 N–H and O–H groups in total. The summed E-state index contributed by atoms with van der Waals surface area (Å²) in [6.07, 6.45) is 0. The monoisotopic (exact) mass is 221 g/mol. The number of rotatable bonds is 0. The van der Waals surface area contributed by atoms with Crippen molar-refractivity contribution < 1.29 is 0 Å². The molecule has 0 heterocycles. The van der Waals surface area contributed by atoms with Gasteiger partial charge in [0.1, 0.15) is 0 Å². The fourth-order valence-electron chi connectivity index (χ4n) is 0.632. The lowest BCUT2D eigenvalue weighted by Crippen LogP contribution is -1.85. The van der Waals surface area contributed by atoms with E-state index < -0.39 is 0 Å². The molecule has 10 heavy (non-hydrogen) atoms. The van der Waals surface area contributed by atoms with Crippen LogP contribution in [0.3, 0.4) is 0 Å². The van der Waals surface area contributed by atoms with Gasteiger partial charge < -0.3 is 5.73 Å². The highest BCUT2D eigenvalue weighted by Gasteiger charge is 1.91. The lowest BCUT2D eigenvalue weighted by molar-refractivity contribution is 1.45. The van der Waals surface area contributed by atoms with E-state index in [1.807, 2.05) is 25.1 Å². The van der Waals surface area contributed by atoms with E-state index in [0.29, 0.717) is 0 Å². The quantitative estimate of drug-likeness (QED) is 0.671. The molecule has 0 saturated carbocycles. The van der Waals surface area contributed by atoms with Gasteiger partial charge in [-0.05, 0) is 40.5 Å². The summed E-state index contributed by atoms with van der Waals surface area (Å²) in [5, 5.41) is 0. The number of nitrogen functional groups attached to an aromatic ring is 1. The van der Waals surface area contributed by atoms with Gasteiger partial charge in [0.2, 0.25) is 0 Å². The maximum Gasteiger partial charge on any atom is 0.0458 e. The molecule has 1 rings (SSSR count). The van der Waals surface area contributed by atoms with Crippen molar-refractivity contribution >= 4 is 34.0 Å².